The second-order valence-electron chi connectivity index (χ2n) is 18.7. The lowest BCUT2D eigenvalue weighted by molar-refractivity contribution is -0.151. The van der Waals surface area contributed by atoms with Crippen LogP contribution in [-0.4, -0.2) is 46.9 Å². The average Bonchev–Trinajstić information content (AvgIpc) is 3.31. The number of esters is 1. The van der Waals surface area contributed by atoms with Crippen molar-refractivity contribution in [2.45, 2.75) is 277 Å². The Kier molecular flexibility index (Phi) is 50.6. The summed E-state index contributed by atoms with van der Waals surface area (Å²) < 4.78 is 5.92. The second kappa shape index (κ2) is 53.0. The van der Waals surface area contributed by atoms with Gasteiger partial charge in [0, 0.05) is 6.42 Å². The van der Waals surface area contributed by atoms with Gasteiger partial charge in [-0.2, -0.15) is 0 Å². The Bertz CT molecular complexity index is 1260. The van der Waals surface area contributed by atoms with Gasteiger partial charge in [-0.25, -0.2) is 0 Å². The lowest BCUT2D eigenvalue weighted by Crippen LogP contribution is -2.46. The molecule has 66 heavy (non-hydrogen) atoms. The van der Waals surface area contributed by atoms with E-state index in [1.165, 1.54) is 122 Å². The fraction of sp³-hybridized carbons (Fsp3) is 0.733. The van der Waals surface area contributed by atoms with E-state index in [1.54, 1.807) is 0 Å². The van der Waals surface area contributed by atoms with Gasteiger partial charge in [-0.05, 0) is 77.0 Å². The number of rotatable bonds is 49. The SMILES string of the molecule is CC/C=C/C=C/C=C\C=C/C=C/CCCCCC(=O)OC(CCCCCCC/C=C\C/C=C\CCCCC)CC(=O)NC(CO)C(O)CCCCCCCCCCCCCCCCCCC. The highest BCUT2D eigenvalue weighted by molar-refractivity contribution is 5.77. The predicted octanol–water partition coefficient (Wildman–Crippen LogP) is 17.1. The van der Waals surface area contributed by atoms with Gasteiger partial charge in [-0.15, -0.1) is 0 Å². The Morgan fingerprint density at radius 1 is 0.470 bits per heavy atom. The van der Waals surface area contributed by atoms with Crippen LogP contribution < -0.4 is 5.32 Å². The molecule has 0 spiro atoms. The molecule has 0 aliphatic rings. The van der Waals surface area contributed by atoms with Gasteiger partial charge in [0.05, 0.1) is 25.2 Å². The third-order valence-electron chi connectivity index (χ3n) is 12.3. The van der Waals surface area contributed by atoms with Crippen LogP contribution in [0, 0.1) is 0 Å². The molecule has 0 aromatic heterocycles. The van der Waals surface area contributed by atoms with E-state index in [-0.39, 0.29) is 24.9 Å². The highest BCUT2D eigenvalue weighted by atomic mass is 16.5. The minimum absolute atomic E-state index is 0.0472. The van der Waals surface area contributed by atoms with E-state index < -0.39 is 18.2 Å². The number of carbonyl (C=O) groups excluding carboxylic acids is 2. The standard InChI is InChI=1S/C60H105NO5/c1-4-7-10-13-16-19-22-25-28-29-32-34-37-40-43-46-49-52-58(63)57(55-62)61-59(64)54-56(51-48-45-42-39-36-33-30-26-23-20-17-14-11-8-5-2)66-60(65)53-50-47-44-41-38-35-31-27-24-21-18-15-12-9-6-3/h9,12,15,17-18,20-21,24,26-27,30-31,35,38,56-58,62-63H,4-8,10-11,13-14,16,19,22-23,25,28-29,32-34,36-37,39-55H2,1-3H3,(H,61,64)/b12-9+,18-15+,20-17-,24-21-,30-26-,31-27-,38-35+. The molecule has 3 atom stereocenters. The molecule has 0 heterocycles. The van der Waals surface area contributed by atoms with E-state index in [2.05, 4.69) is 74.7 Å². The van der Waals surface area contributed by atoms with Crippen molar-refractivity contribution in [3.63, 3.8) is 0 Å². The molecule has 3 unspecified atom stereocenters. The number of hydrogen-bond acceptors (Lipinski definition) is 5. The summed E-state index contributed by atoms with van der Waals surface area (Å²) in [5.74, 6) is -0.537. The zero-order chi connectivity index (χ0) is 48.1. The zero-order valence-corrected chi connectivity index (χ0v) is 43.3. The van der Waals surface area contributed by atoms with Crippen LogP contribution >= 0.6 is 0 Å². The summed E-state index contributed by atoms with van der Waals surface area (Å²) in [5, 5.41) is 23.9. The van der Waals surface area contributed by atoms with Crippen LogP contribution in [0.4, 0.5) is 0 Å². The Morgan fingerprint density at radius 3 is 1.39 bits per heavy atom. The van der Waals surface area contributed by atoms with Crippen molar-refractivity contribution in [1.29, 1.82) is 0 Å². The Hall–Kier alpha value is -2.96. The number of amides is 1. The molecule has 380 valence electrons. The van der Waals surface area contributed by atoms with Gasteiger partial charge < -0.3 is 20.3 Å². The lowest BCUT2D eigenvalue weighted by atomic mass is 10.0. The quantitative estimate of drug-likeness (QED) is 0.0245. The third-order valence-corrected chi connectivity index (χ3v) is 12.3. The van der Waals surface area contributed by atoms with Crippen molar-refractivity contribution in [2.24, 2.45) is 0 Å². The summed E-state index contributed by atoms with van der Waals surface area (Å²) in [6.45, 7) is 6.32. The Morgan fingerprint density at radius 2 is 0.879 bits per heavy atom. The van der Waals surface area contributed by atoms with Crippen molar-refractivity contribution in [1.82, 2.24) is 5.32 Å². The number of aliphatic hydroxyl groups is 2. The number of hydrogen-bond donors (Lipinski definition) is 3. The molecule has 0 bridgehead atoms. The molecule has 1 amide bonds. The predicted molar refractivity (Wildman–Crippen MR) is 287 cm³/mol. The first-order chi connectivity index (χ1) is 32.5. The van der Waals surface area contributed by atoms with E-state index in [9.17, 15) is 19.8 Å². The van der Waals surface area contributed by atoms with Crippen molar-refractivity contribution >= 4 is 11.9 Å². The number of carbonyl (C=O) groups is 2. The van der Waals surface area contributed by atoms with Crippen LogP contribution in [0.3, 0.4) is 0 Å². The lowest BCUT2D eigenvalue weighted by Gasteiger charge is -2.24. The van der Waals surface area contributed by atoms with E-state index in [0.29, 0.717) is 19.3 Å². The smallest absolute Gasteiger partial charge is 0.306 e. The van der Waals surface area contributed by atoms with Crippen molar-refractivity contribution in [3.8, 4) is 0 Å². The molecular formula is C60H105NO5. The molecule has 0 rings (SSSR count). The largest absolute Gasteiger partial charge is 0.462 e. The highest BCUT2D eigenvalue weighted by Gasteiger charge is 2.24. The number of ether oxygens (including phenoxy) is 1. The summed E-state index contributed by atoms with van der Waals surface area (Å²) >= 11 is 0. The molecule has 0 aliphatic carbocycles. The second-order valence-corrected chi connectivity index (χ2v) is 18.7. The van der Waals surface area contributed by atoms with Gasteiger partial charge in [0.2, 0.25) is 5.91 Å². The Balaban J connectivity index is 4.64. The molecule has 6 nitrogen and oxygen atoms in total. The van der Waals surface area contributed by atoms with Crippen molar-refractivity contribution < 1.29 is 24.5 Å². The van der Waals surface area contributed by atoms with Gasteiger partial charge in [-0.3, -0.25) is 9.59 Å². The van der Waals surface area contributed by atoms with Crippen LogP contribution in [0.15, 0.2) is 85.1 Å². The summed E-state index contributed by atoms with van der Waals surface area (Å²) in [6, 6.07) is -0.720. The zero-order valence-electron chi connectivity index (χ0n) is 43.3. The number of aliphatic hydroxyl groups excluding tert-OH is 2. The first kappa shape index (κ1) is 63.0. The first-order valence-electron chi connectivity index (χ1n) is 27.9. The number of nitrogens with one attached hydrogen (secondary N) is 1. The summed E-state index contributed by atoms with van der Waals surface area (Å²) in [4.78, 5) is 26.2. The van der Waals surface area contributed by atoms with Gasteiger partial charge in [0.25, 0.3) is 0 Å². The molecular weight excluding hydrogens is 815 g/mol. The summed E-state index contributed by atoms with van der Waals surface area (Å²) in [5.41, 5.74) is 0. The highest BCUT2D eigenvalue weighted by Crippen LogP contribution is 2.18. The molecule has 0 fully saturated rings. The van der Waals surface area contributed by atoms with Gasteiger partial charge in [0.15, 0.2) is 0 Å². The van der Waals surface area contributed by atoms with Crippen molar-refractivity contribution in [2.75, 3.05) is 6.61 Å². The molecule has 3 N–H and O–H groups in total. The molecule has 0 radical (unpaired) electrons. The van der Waals surface area contributed by atoms with Crippen molar-refractivity contribution in [3.05, 3.63) is 85.1 Å². The number of unbranched alkanes of at least 4 members (excludes halogenated alkanes) is 27. The maximum Gasteiger partial charge on any atom is 0.306 e. The molecule has 0 aromatic carbocycles. The summed E-state index contributed by atoms with van der Waals surface area (Å²) in [6.07, 6.45) is 69.3. The summed E-state index contributed by atoms with van der Waals surface area (Å²) in [7, 11) is 0. The Labute approximate surface area is 408 Å². The van der Waals surface area contributed by atoms with Gasteiger partial charge in [-0.1, -0.05) is 254 Å². The first-order valence-corrected chi connectivity index (χ1v) is 27.9. The maximum absolute atomic E-state index is 13.3. The van der Waals surface area contributed by atoms with E-state index in [4.69, 9.17) is 4.74 Å². The van der Waals surface area contributed by atoms with Crippen LogP contribution in [0.25, 0.3) is 0 Å². The van der Waals surface area contributed by atoms with Crippen LogP contribution in [0.5, 0.6) is 0 Å². The monoisotopic (exact) mass is 920 g/mol. The molecule has 0 saturated carbocycles. The van der Waals surface area contributed by atoms with E-state index >= 15 is 0 Å². The number of allylic oxidation sites excluding steroid dienone is 14. The molecule has 6 heteroatoms. The normalized spacial score (nSPS) is 13.8. The third kappa shape index (κ3) is 47.5. The van der Waals surface area contributed by atoms with Gasteiger partial charge in [0.1, 0.15) is 6.10 Å². The topological polar surface area (TPSA) is 95.9 Å². The molecule has 0 aliphatic heterocycles. The minimum Gasteiger partial charge on any atom is -0.462 e. The maximum atomic E-state index is 13.3. The van der Waals surface area contributed by atoms with E-state index in [1.807, 2.05) is 36.5 Å². The van der Waals surface area contributed by atoms with Crippen LogP contribution in [0.1, 0.15) is 258 Å². The average molecular weight is 921 g/mol. The fourth-order valence-corrected chi connectivity index (χ4v) is 8.13. The minimum atomic E-state index is -0.804. The van der Waals surface area contributed by atoms with Crippen LogP contribution in [0.2, 0.25) is 0 Å². The molecule has 0 saturated heterocycles. The van der Waals surface area contributed by atoms with E-state index in [0.717, 1.165) is 89.9 Å². The molecule has 0 aromatic rings. The van der Waals surface area contributed by atoms with Crippen LogP contribution in [-0.2, 0) is 14.3 Å². The van der Waals surface area contributed by atoms with Gasteiger partial charge >= 0.3 is 5.97 Å². The fourth-order valence-electron chi connectivity index (χ4n) is 8.13.